The van der Waals surface area contributed by atoms with E-state index in [4.69, 9.17) is 4.42 Å². The molecule has 130 valence electrons. The van der Waals surface area contributed by atoms with Crippen molar-refractivity contribution in [3.63, 3.8) is 0 Å². The second-order valence-electron chi connectivity index (χ2n) is 6.98. The van der Waals surface area contributed by atoms with E-state index in [1.54, 1.807) is 19.1 Å². The fourth-order valence-corrected chi connectivity index (χ4v) is 2.58. The Bertz CT molecular complexity index is 734. The van der Waals surface area contributed by atoms with Gasteiger partial charge in [-0.25, -0.2) is 9.78 Å². The average molecular weight is 331 g/mol. The van der Waals surface area contributed by atoms with E-state index in [2.05, 4.69) is 15.6 Å². The van der Waals surface area contributed by atoms with Gasteiger partial charge in [-0.05, 0) is 43.9 Å². The van der Waals surface area contributed by atoms with Crippen LogP contribution in [0.1, 0.15) is 51.8 Å². The normalized spacial score (nSPS) is 18.2. The van der Waals surface area contributed by atoms with Gasteiger partial charge in [-0.2, -0.15) is 0 Å². The summed E-state index contributed by atoms with van der Waals surface area (Å²) in [5.74, 6) is 1.35. The number of hydrogen-bond acceptors (Lipinski definition) is 4. The number of amides is 2. The summed E-state index contributed by atoms with van der Waals surface area (Å²) >= 11 is 0. The van der Waals surface area contributed by atoms with E-state index in [9.17, 15) is 9.90 Å². The Morgan fingerprint density at radius 2 is 2.25 bits per heavy atom. The molecule has 6 nitrogen and oxygen atoms in total. The van der Waals surface area contributed by atoms with Gasteiger partial charge in [0.2, 0.25) is 0 Å². The first kappa shape index (κ1) is 16.8. The standard InChI is InChI=1S/C18H25N3O3/c1-4-11(2)18(3,23)10-19-17(22)20-13-7-8-15-14(9-13)21-16(24-15)12-5-6-12/h7-9,11-12,23H,4-6,10H2,1-3H3,(H2,19,20,22). The van der Waals surface area contributed by atoms with Crippen molar-refractivity contribution in [2.24, 2.45) is 5.92 Å². The van der Waals surface area contributed by atoms with Gasteiger partial charge in [-0.15, -0.1) is 0 Å². The molecule has 1 heterocycles. The summed E-state index contributed by atoms with van der Waals surface area (Å²) in [5.41, 5.74) is 1.21. The van der Waals surface area contributed by atoms with Crippen molar-refractivity contribution in [1.29, 1.82) is 0 Å². The molecule has 2 unspecified atom stereocenters. The summed E-state index contributed by atoms with van der Waals surface area (Å²) in [4.78, 5) is 16.5. The summed E-state index contributed by atoms with van der Waals surface area (Å²) < 4.78 is 5.71. The van der Waals surface area contributed by atoms with Crippen LogP contribution in [-0.2, 0) is 0 Å². The van der Waals surface area contributed by atoms with E-state index < -0.39 is 5.60 Å². The largest absolute Gasteiger partial charge is 0.440 e. The summed E-state index contributed by atoms with van der Waals surface area (Å²) in [5, 5.41) is 15.8. The molecule has 2 amide bonds. The first-order chi connectivity index (χ1) is 11.4. The van der Waals surface area contributed by atoms with Crippen LogP contribution in [-0.4, -0.2) is 28.3 Å². The van der Waals surface area contributed by atoms with Gasteiger partial charge in [0.1, 0.15) is 5.52 Å². The fraction of sp³-hybridized carbons (Fsp3) is 0.556. The molecule has 2 atom stereocenters. The maximum Gasteiger partial charge on any atom is 0.319 e. The maximum atomic E-state index is 12.1. The highest BCUT2D eigenvalue weighted by atomic mass is 16.3. The summed E-state index contributed by atoms with van der Waals surface area (Å²) in [6, 6.07) is 5.07. The molecule has 1 aliphatic rings. The zero-order valence-electron chi connectivity index (χ0n) is 14.4. The van der Waals surface area contributed by atoms with Crippen LogP contribution in [0, 0.1) is 5.92 Å². The quantitative estimate of drug-likeness (QED) is 0.754. The molecular weight excluding hydrogens is 306 g/mol. The lowest BCUT2D eigenvalue weighted by molar-refractivity contribution is 0.00827. The van der Waals surface area contributed by atoms with Gasteiger partial charge in [0.25, 0.3) is 0 Å². The Balaban J connectivity index is 1.60. The lowest BCUT2D eigenvalue weighted by Gasteiger charge is -2.29. The van der Waals surface area contributed by atoms with Crippen LogP contribution in [0.15, 0.2) is 22.6 Å². The van der Waals surface area contributed by atoms with Crippen LogP contribution in [0.25, 0.3) is 11.1 Å². The van der Waals surface area contributed by atoms with Crippen molar-refractivity contribution in [3.8, 4) is 0 Å². The molecule has 6 heteroatoms. The zero-order chi connectivity index (χ0) is 17.3. The first-order valence-corrected chi connectivity index (χ1v) is 8.56. The average Bonchev–Trinajstić information content (AvgIpc) is 3.32. The van der Waals surface area contributed by atoms with E-state index in [1.807, 2.05) is 19.9 Å². The molecule has 24 heavy (non-hydrogen) atoms. The molecule has 0 radical (unpaired) electrons. The van der Waals surface area contributed by atoms with Gasteiger partial charge < -0.3 is 20.2 Å². The lowest BCUT2D eigenvalue weighted by Crippen LogP contribution is -2.46. The highest BCUT2D eigenvalue weighted by Crippen LogP contribution is 2.40. The third-order valence-corrected chi connectivity index (χ3v) is 4.87. The summed E-state index contributed by atoms with van der Waals surface area (Å²) in [7, 11) is 0. The van der Waals surface area contributed by atoms with Crippen molar-refractivity contribution in [2.75, 3.05) is 11.9 Å². The Hall–Kier alpha value is -2.08. The van der Waals surface area contributed by atoms with Gasteiger partial charge in [0, 0.05) is 18.2 Å². The number of oxazole rings is 1. The Labute approximate surface area is 141 Å². The van der Waals surface area contributed by atoms with E-state index >= 15 is 0 Å². The second kappa shape index (κ2) is 6.43. The molecule has 1 fully saturated rings. The number of hydrogen-bond donors (Lipinski definition) is 3. The van der Waals surface area contributed by atoms with E-state index in [1.165, 1.54) is 0 Å². The number of rotatable bonds is 6. The van der Waals surface area contributed by atoms with E-state index in [0.717, 1.165) is 36.3 Å². The maximum absolute atomic E-state index is 12.1. The van der Waals surface area contributed by atoms with Crippen molar-refractivity contribution in [3.05, 3.63) is 24.1 Å². The Morgan fingerprint density at radius 3 is 2.92 bits per heavy atom. The van der Waals surface area contributed by atoms with Crippen molar-refractivity contribution < 1.29 is 14.3 Å². The van der Waals surface area contributed by atoms with E-state index in [-0.39, 0.29) is 18.5 Å². The van der Waals surface area contributed by atoms with Crippen LogP contribution >= 0.6 is 0 Å². The SMILES string of the molecule is CCC(C)C(C)(O)CNC(=O)Nc1ccc2oc(C3CC3)nc2c1. The van der Waals surface area contributed by atoms with Crippen molar-refractivity contribution in [1.82, 2.24) is 10.3 Å². The summed E-state index contributed by atoms with van der Waals surface area (Å²) in [6.07, 6.45) is 3.12. The minimum absolute atomic E-state index is 0.102. The molecule has 0 spiro atoms. The van der Waals surface area contributed by atoms with Crippen molar-refractivity contribution >= 4 is 22.8 Å². The number of urea groups is 1. The molecule has 1 saturated carbocycles. The number of nitrogens with zero attached hydrogens (tertiary/aromatic N) is 1. The molecule has 2 aromatic rings. The lowest BCUT2D eigenvalue weighted by atomic mass is 9.89. The van der Waals surface area contributed by atoms with E-state index in [0.29, 0.717) is 11.6 Å². The van der Waals surface area contributed by atoms with Crippen LogP contribution in [0.4, 0.5) is 10.5 Å². The molecule has 3 rings (SSSR count). The summed E-state index contributed by atoms with van der Waals surface area (Å²) in [6.45, 7) is 5.92. The predicted molar refractivity (Wildman–Crippen MR) is 93.1 cm³/mol. The highest BCUT2D eigenvalue weighted by molar-refractivity contribution is 5.91. The van der Waals surface area contributed by atoms with Gasteiger partial charge in [-0.1, -0.05) is 20.3 Å². The van der Waals surface area contributed by atoms with Gasteiger partial charge >= 0.3 is 6.03 Å². The molecule has 1 aromatic carbocycles. The number of anilines is 1. The molecule has 3 N–H and O–H groups in total. The number of aromatic nitrogens is 1. The molecule has 1 aliphatic carbocycles. The second-order valence-corrected chi connectivity index (χ2v) is 6.98. The smallest absolute Gasteiger partial charge is 0.319 e. The zero-order valence-corrected chi connectivity index (χ0v) is 14.4. The number of carbonyl (C=O) groups excluding carboxylic acids is 1. The molecule has 0 aliphatic heterocycles. The van der Waals surface area contributed by atoms with Crippen LogP contribution in [0.2, 0.25) is 0 Å². The molecule has 1 aromatic heterocycles. The first-order valence-electron chi connectivity index (χ1n) is 8.56. The third kappa shape index (κ3) is 3.70. The van der Waals surface area contributed by atoms with Crippen LogP contribution < -0.4 is 10.6 Å². The molecular formula is C18H25N3O3. The molecule has 0 saturated heterocycles. The Kier molecular flexibility index (Phi) is 4.49. The number of carbonyl (C=O) groups is 1. The molecule has 0 bridgehead atoms. The van der Waals surface area contributed by atoms with Crippen molar-refractivity contribution in [2.45, 2.75) is 51.6 Å². The van der Waals surface area contributed by atoms with Crippen LogP contribution in [0.5, 0.6) is 0 Å². The van der Waals surface area contributed by atoms with Crippen LogP contribution in [0.3, 0.4) is 0 Å². The van der Waals surface area contributed by atoms with Gasteiger partial charge in [0.15, 0.2) is 11.5 Å². The number of nitrogens with one attached hydrogen (secondary N) is 2. The topological polar surface area (TPSA) is 87.4 Å². The highest BCUT2D eigenvalue weighted by Gasteiger charge is 2.29. The monoisotopic (exact) mass is 331 g/mol. The van der Waals surface area contributed by atoms with Gasteiger partial charge in [0.05, 0.1) is 5.60 Å². The number of benzene rings is 1. The minimum Gasteiger partial charge on any atom is -0.440 e. The Morgan fingerprint density at radius 1 is 1.50 bits per heavy atom. The fourth-order valence-electron chi connectivity index (χ4n) is 2.58. The third-order valence-electron chi connectivity index (χ3n) is 4.87. The minimum atomic E-state index is -0.929. The van der Waals surface area contributed by atoms with Gasteiger partial charge in [-0.3, -0.25) is 0 Å². The number of fused-ring (bicyclic) bond motifs is 1. The number of aliphatic hydroxyl groups is 1. The predicted octanol–water partition coefficient (Wildman–Crippen LogP) is 3.62.